The van der Waals surface area contributed by atoms with Crippen LogP contribution in [0, 0.1) is 31.6 Å². The predicted molar refractivity (Wildman–Crippen MR) is 154 cm³/mol. The monoisotopic (exact) mass is 549 g/mol. The summed E-state index contributed by atoms with van der Waals surface area (Å²) in [5.74, 6) is -1.22. The Balaban J connectivity index is 1.44. The first-order valence-corrected chi connectivity index (χ1v) is 14.9. The Labute approximate surface area is 235 Å². The molecule has 8 heteroatoms. The van der Waals surface area contributed by atoms with Gasteiger partial charge in [-0.25, -0.2) is 0 Å². The maximum absolute atomic E-state index is 14.2. The smallest absolute Gasteiger partial charge is 0.248 e. The number of hydrogen-bond acceptors (Lipinski definition) is 5. The summed E-state index contributed by atoms with van der Waals surface area (Å²) in [5, 5.41) is 15.5. The van der Waals surface area contributed by atoms with Crippen molar-refractivity contribution in [3.8, 4) is 0 Å². The minimum Gasteiger partial charge on any atom is -0.396 e. The molecular formula is C31H39N3O4S. The number of unbranched alkanes of at least 4 members (excludes halogenated alkanes) is 2. The molecule has 3 fully saturated rings. The summed E-state index contributed by atoms with van der Waals surface area (Å²) in [5.41, 5.74) is 3.79. The van der Waals surface area contributed by atoms with Crippen LogP contribution in [-0.2, 0) is 20.9 Å². The molecule has 0 aliphatic carbocycles. The highest BCUT2D eigenvalue weighted by Crippen LogP contribution is 2.68. The number of amides is 3. The van der Waals surface area contributed by atoms with Crippen LogP contribution >= 0.6 is 11.8 Å². The average molecular weight is 550 g/mol. The standard InChI is InChI=1S/C31H39N3O4S/c1-19-12-13-20(2)23(16-19)33-29(37)27-31-21(3)17-24(39-31)25(28(36)32-18-22-10-6-4-7-11-22)26(31)30(38)34(27)14-8-5-9-15-35/h4,6-7,10-13,16,21,24-27,35H,5,8-9,14-15,17-18H2,1-3H3,(H,32,36)(H,33,37)/t21?,24-,25+,26-,27?,31?/m0/s1. The Bertz CT molecular complexity index is 1240. The number of hydrogen-bond donors (Lipinski definition) is 3. The van der Waals surface area contributed by atoms with E-state index < -0.39 is 22.6 Å². The fraction of sp³-hybridized carbons (Fsp3) is 0.516. The molecule has 2 aromatic carbocycles. The fourth-order valence-corrected chi connectivity index (χ4v) is 9.33. The van der Waals surface area contributed by atoms with Crippen molar-refractivity contribution in [2.45, 2.75) is 69.0 Å². The fourth-order valence-electron chi connectivity index (χ4n) is 6.91. The number of anilines is 1. The van der Waals surface area contributed by atoms with E-state index in [1.165, 1.54) is 0 Å². The number of nitrogens with zero attached hydrogens (tertiary/aromatic N) is 1. The molecule has 0 saturated carbocycles. The summed E-state index contributed by atoms with van der Waals surface area (Å²) in [7, 11) is 0. The van der Waals surface area contributed by atoms with Gasteiger partial charge in [0.1, 0.15) is 6.04 Å². The van der Waals surface area contributed by atoms with Crippen LogP contribution in [0.25, 0.3) is 0 Å². The van der Waals surface area contributed by atoms with Gasteiger partial charge in [0.05, 0.1) is 16.6 Å². The van der Waals surface area contributed by atoms with Crippen molar-refractivity contribution in [3.63, 3.8) is 0 Å². The molecule has 3 aliphatic heterocycles. The van der Waals surface area contributed by atoms with Gasteiger partial charge in [-0.2, -0.15) is 0 Å². The number of fused-ring (bicyclic) bond motifs is 1. The molecule has 3 amide bonds. The second-order valence-electron chi connectivity index (χ2n) is 11.4. The van der Waals surface area contributed by atoms with Crippen LogP contribution in [0.4, 0.5) is 5.69 Å². The Hall–Kier alpha value is -2.84. The molecule has 208 valence electrons. The summed E-state index contributed by atoms with van der Waals surface area (Å²) in [6, 6.07) is 15.1. The molecule has 3 unspecified atom stereocenters. The molecule has 3 saturated heterocycles. The van der Waals surface area contributed by atoms with Crippen molar-refractivity contribution < 1.29 is 19.5 Å². The van der Waals surface area contributed by atoms with Gasteiger partial charge in [-0.1, -0.05) is 49.4 Å². The number of rotatable bonds is 10. The van der Waals surface area contributed by atoms with Crippen LogP contribution in [0.2, 0.25) is 0 Å². The molecule has 39 heavy (non-hydrogen) atoms. The third kappa shape index (κ3) is 4.97. The van der Waals surface area contributed by atoms with Gasteiger partial charge < -0.3 is 20.6 Å². The van der Waals surface area contributed by atoms with E-state index in [0.29, 0.717) is 25.9 Å². The first kappa shape index (κ1) is 27.7. The molecule has 0 aromatic heterocycles. The third-order valence-corrected chi connectivity index (χ3v) is 10.9. The lowest BCUT2D eigenvalue weighted by molar-refractivity contribution is -0.139. The summed E-state index contributed by atoms with van der Waals surface area (Å²) in [6.45, 7) is 7.06. The van der Waals surface area contributed by atoms with E-state index in [9.17, 15) is 19.5 Å². The van der Waals surface area contributed by atoms with Crippen molar-refractivity contribution >= 4 is 35.2 Å². The highest BCUT2D eigenvalue weighted by atomic mass is 32.2. The number of aliphatic hydroxyl groups excluding tert-OH is 1. The Morgan fingerprint density at radius 3 is 2.59 bits per heavy atom. The number of aryl methyl sites for hydroxylation is 2. The molecule has 7 nitrogen and oxygen atoms in total. The molecule has 3 aliphatic rings. The highest BCUT2D eigenvalue weighted by molar-refractivity contribution is 8.02. The number of carbonyl (C=O) groups is 3. The molecular weight excluding hydrogens is 510 g/mol. The van der Waals surface area contributed by atoms with Gasteiger partial charge in [0, 0.05) is 30.6 Å². The minimum atomic E-state index is -0.652. The van der Waals surface area contributed by atoms with E-state index in [1.54, 1.807) is 16.7 Å². The quantitative estimate of drug-likeness (QED) is 0.389. The van der Waals surface area contributed by atoms with Gasteiger partial charge in [0.15, 0.2) is 0 Å². The Morgan fingerprint density at radius 1 is 1.08 bits per heavy atom. The Morgan fingerprint density at radius 2 is 1.85 bits per heavy atom. The van der Waals surface area contributed by atoms with Crippen LogP contribution < -0.4 is 10.6 Å². The van der Waals surface area contributed by atoms with Crippen LogP contribution in [0.5, 0.6) is 0 Å². The molecule has 2 aromatic rings. The number of nitrogens with one attached hydrogen (secondary N) is 2. The molecule has 3 N–H and O–H groups in total. The lowest BCUT2D eigenvalue weighted by atomic mass is 9.66. The largest absolute Gasteiger partial charge is 0.396 e. The van der Waals surface area contributed by atoms with E-state index in [4.69, 9.17) is 0 Å². The second-order valence-corrected chi connectivity index (χ2v) is 12.9. The number of carbonyl (C=O) groups excluding carboxylic acids is 3. The molecule has 0 radical (unpaired) electrons. The van der Waals surface area contributed by atoms with E-state index in [0.717, 1.165) is 35.2 Å². The van der Waals surface area contributed by atoms with Gasteiger partial charge in [-0.05, 0) is 68.2 Å². The second kappa shape index (κ2) is 11.3. The highest BCUT2D eigenvalue weighted by Gasteiger charge is 2.75. The summed E-state index contributed by atoms with van der Waals surface area (Å²) < 4.78 is -0.644. The zero-order chi connectivity index (χ0) is 27.7. The van der Waals surface area contributed by atoms with Gasteiger partial charge in [0.2, 0.25) is 17.7 Å². The van der Waals surface area contributed by atoms with Gasteiger partial charge in [0.25, 0.3) is 0 Å². The van der Waals surface area contributed by atoms with E-state index in [2.05, 4.69) is 17.6 Å². The van der Waals surface area contributed by atoms with E-state index in [-0.39, 0.29) is 35.5 Å². The van der Waals surface area contributed by atoms with Crippen molar-refractivity contribution in [1.29, 1.82) is 0 Å². The molecule has 1 spiro atoms. The lowest BCUT2D eigenvalue weighted by Crippen LogP contribution is -2.55. The summed E-state index contributed by atoms with van der Waals surface area (Å²) >= 11 is 1.70. The van der Waals surface area contributed by atoms with E-state index in [1.807, 2.05) is 62.4 Å². The number of thioether (sulfide) groups is 1. The maximum Gasteiger partial charge on any atom is 0.248 e. The zero-order valence-corrected chi connectivity index (χ0v) is 23.8. The molecule has 3 heterocycles. The van der Waals surface area contributed by atoms with Gasteiger partial charge in [-0.3, -0.25) is 14.4 Å². The lowest BCUT2D eigenvalue weighted by Gasteiger charge is -2.38. The topological polar surface area (TPSA) is 98.7 Å². The minimum absolute atomic E-state index is 0.0114. The van der Waals surface area contributed by atoms with Crippen LogP contribution in [0.15, 0.2) is 48.5 Å². The van der Waals surface area contributed by atoms with Crippen molar-refractivity contribution in [3.05, 3.63) is 65.2 Å². The third-order valence-electron chi connectivity index (χ3n) is 8.81. The summed E-state index contributed by atoms with van der Waals surface area (Å²) in [6.07, 6.45) is 2.95. The maximum atomic E-state index is 14.2. The van der Waals surface area contributed by atoms with Crippen LogP contribution in [0.3, 0.4) is 0 Å². The van der Waals surface area contributed by atoms with Gasteiger partial charge >= 0.3 is 0 Å². The SMILES string of the molecule is Cc1ccc(C)c(NC(=O)C2N(CCCCCO)C(=O)[C@@H]3[C@H](C(=O)NCc4ccccc4)[C@@H]4CC(C)C23S4)c1. The average Bonchev–Trinajstić information content (AvgIpc) is 3.51. The van der Waals surface area contributed by atoms with Gasteiger partial charge in [-0.15, -0.1) is 11.8 Å². The van der Waals surface area contributed by atoms with Crippen molar-refractivity contribution in [2.24, 2.45) is 17.8 Å². The molecule has 5 rings (SSSR count). The first-order chi connectivity index (χ1) is 18.8. The Kier molecular flexibility index (Phi) is 8.06. The normalized spacial score (nSPS) is 29.0. The van der Waals surface area contributed by atoms with Crippen molar-refractivity contribution in [1.82, 2.24) is 10.2 Å². The number of likely N-dealkylation sites (tertiary alicyclic amines) is 1. The zero-order valence-electron chi connectivity index (χ0n) is 23.0. The van der Waals surface area contributed by atoms with E-state index >= 15 is 0 Å². The predicted octanol–water partition coefficient (Wildman–Crippen LogP) is 4.06. The number of benzene rings is 2. The van der Waals surface area contributed by atoms with Crippen LogP contribution in [-0.4, -0.2) is 56.9 Å². The van der Waals surface area contributed by atoms with Crippen molar-refractivity contribution in [2.75, 3.05) is 18.5 Å². The van der Waals surface area contributed by atoms with Crippen LogP contribution in [0.1, 0.15) is 49.3 Å². The molecule has 6 atom stereocenters. The molecule has 2 bridgehead atoms. The summed E-state index contributed by atoms with van der Waals surface area (Å²) in [4.78, 5) is 43.7. The number of aliphatic hydroxyl groups is 1. The first-order valence-electron chi connectivity index (χ1n) is 14.1.